The van der Waals surface area contributed by atoms with Crippen molar-refractivity contribution in [2.45, 2.75) is 6.92 Å². The molecule has 0 unspecified atom stereocenters. The summed E-state index contributed by atoms with van der Waals surface area (Å²) < 4.78 is 0. The van der Waals surface area contributed by atoms with Crippen LogP contribution in [0.3, 0.4) is 0 Å². The molecule has 0 saturated heterocycles. The van der Waals surface area contributed by atoms with Crippen LogP contribution in [-0.2, 0) is 0 Å². The van der Waals surface area contributed by atoms with E-state index in [2.05, 4.69) is 54.6 Å². The average molecular weight is 393 g/mol. The maximum Gasteiger partial charge on any atom is 0.0249 e. The molecular weight excluding hydrogens is 372 g/mol. The van der Waals surface area contributed by atoms with Gasteiger partial charge in [-0.3, -0.25) is 0 Å². The second-order valence-electron chi connectivity index (χ2n) is 7.14. The SMILES string of the molecule is Cc1ccc(C#Cc2ccc(C#Cc3ccc(C#Cc4ccccc4)cc3)cc2)cc1. The van der Waals surface area contributed by atoms with Crippen molar-refractivity contribution >= 4 is 0 Å². The minimum absolute atomic E-state index is 0.966. The van der Waals surface area contributed by atoms with Gasteiger partial charge in [-0.15, -0.1) is 0 Å². The maximum atomic E-state index is 3.21. The number of hydrogen-bond donors (Lipinski definition) is 0. The van der Waals surface area contributed by atoms with Crippen molar-refractivity contribution in [3.8, 4) is 35.5 Å². The van der Waals surface area contributed by atoms with E-state index >= 15 is 0 Å². The Morgan fingerprint density at radius 3 is 0.903 bits per heavy atom. The molecule has 0 aliphatic rings. The molecule has 4 aromatic carbocycles. The highest BCUT2D eigenvalue weighted by molar-refractivity contribution is 5.49. The highest BCUT2D eigenvalue weighted by atomic mass is 14.0. The van der Waals surface area contributed by atoms with Crippen molar-refractivity contribution in [1.82, 2.24) is 0 Å². The van der Waals surface area contributed by atoms with Crippen LogP contribution in [0.25, 0.3) is 0 Å². The van der Waals surface area contributed by atoms with Gasteiger partial charge in [0.25, 0.3) is 0 Å². The van der Waals surface area contributed by atoms with E-state index in [1.165, 1.54) is 5.56 Å². The van der Waals surface area contributed by atoms with Gasteiger partial charge in [0.2, 0.25) is 0 Å². The van der Waals surface area contributed by atoms with Crippen LogP contribution in [0.1, 0.15) is 38.9 Å². The predicted octanol–water partition coefficient (Wildman–Crippen LogP) is 6.19. The van der Waals surface area contributed by atoms with E-state index < -0.39 is 0 Å². The molecule has 144 valence electrons. The molecule has 0 heterocycles. The van der Waals surface area contributed by atoms with Gasteiger partial charge in [0.1, 0.15) is 0 Å². The zero-order chi connectivity index (χ0) is 21.3. The van der Waals surface area contributed by atoms with E-state index in [-0.39, 0.29) is 0 Å². The average Bonchev–Trinajstić information content (AvgIpc) is 2.83. The lowest BCUT2D eigenvalue weighted by molar-refractivity contribution is 1.46. The van der Waals surface area contributed by atoms with E-state index in [0.29, 0.717) is 0 Å². The fourth-order valence-corrected chi connectivity index (χ4v) is 2.87. The molecule has 31 heavy (non-hydrogen) atoms. The molecule has 0 atom stereocenters. The second-order valence-corrected chi connectivity index (χ2v) is 7.14. The van der Waals surface area contributed by atoms with Crippen molar-refractivity contribution < 1.29 is 0 Å². The van der Waals surface area contributed by atoms with Gasteiger partial charge in [0, 0.05) is 33.4 Å². The van der Waals surface area contributed by atoms with Crippen LogP contribution >= 0.6 is 0 Å². The molecule has 0 aliphatic heterocycles. The molecule has 0 heteroatoms. The van der Waals surface area contributed by atoms with Crippen molar-refractivity contribution in [2.24, 2.45) is 0 Å². The molecule has 0 fully saturated rings. The summed E-state index contributed by atoms with van der Waals surface area (Å²) in [4.78, 5) is 0. The van der Waals surface area contributed by atoms with Crippen molar-refractivity contribution in [3.63, 3.8) is 0 Å². The van der Waals surface area contributed by atoms with Crippen molar-refractivity contribution in [3.05, 3.63) is 142 Å². The normalized spacial score (nSPS) is 9.32. The molecule has 0 radical (unpaired) electrons. The van der Waals surface area contributed by atoms with E-state index in [1.807, 2.05) is 91.0 Å². The first-order valence-electron chi connectivity index (χ1n) is 10.1. The van der Waals surface area contributed by atoms with Gasteiger partial charge >= 0.3 is 0 Å². The molecule has 4 aromatic rings. The summed E-state index contributed by atoms with van der Waals surface area (Å²) in [6.07, 6.45) is 0. The Morgan fingerprint density at radius 1 is 0.323 bits per heavy atom. The Hall–Kier alpha value is -4.44. The predicted molar refractivity (Wildman–Crippen MR) is 128 cm³/mol. The lowest BCUT2D eigenvalue weighted by Gasteiger charge is -1.94. The molecule has 0 aliphatic carbocycles. The van der Waals surface area contributed by atoms with Gasteiger partial charge in [-0.25, -0.2) is 0 Å². The number of aryl methyl sites for hydroxylation is 1. The third-order valence-corrected chi connectivity index (χ3v) is 4.65. The zero-order valence-corrected chi connectivity index (χ0v) is 17.3. The summed E-state index contributed by atoms with van der Waals surface area (Å²) in [5, 5.41) is 0. The summed E-state index contributed by atoms with van der Waals surface area (Å²) in [7, 11) is 0. The minimum Gasteiger partial charge on any atom is -0.0622 e. The van der Waals surface area contributed by atoms with Gasteiger partial charge in [0.15, 0.2) is 0 Å². The first-order chi connectivity index (χ1) is 15.2. The lowest BCUT2D eigenvalue weighted by atomic mass is 10.1. The standard InChI is InChI=1S/C31H20/c1-25-7-9-27(10-8-25)13-14-29-19-21-31(22-20-29)24-23-30-17-15-28(16-18-30)12-11-26-5-3-2-4-6-26/h2-10,15-22H,1H3. The topological polar surface area (TPSA) is 0 Å². The fraction of sp³-hybridized carbons (Fsp3) is 0.0323. The van der Waals surface area contributed by atoms with Crippen LogP contribution < -0.4 is 0 Å². The number of hydrogen-bond acceptors (Lipinski definition) is 0. The van der Waals surface area contributed by atoms with E-state index in [4.69, 9.17) is 0 Å². The van der Waals surface area contributed by atoms with Crippen LogP contribution in [-0.4, -0.2) is 0 Å². The van der Waals surface area contributed by atoms with E-state index in [9.17, 15) is 0 Å². The van der Waals surface area contributed by atoms with Gasteiger partial charge in [-0.2, -0.15) is 0 Å². The summed E-state index contributed by atoms with van der Waals surface area (Å²) in [6, 6.07) is 34.3. The fourth-order valence-electron chi connectivity index (χ4n) is 2.87. The Bertz CT molecular complexity index is 1340. The highest BCUT2D eigenvalue weighted by Crippen LogP contribution is 2.06. The summed E-state index contributed by atoms with van der Waals surface area (Å²) >= 11 is 0. The largest absolute Gasteiger partial charge is 0.0622 e. The highest BCUT2D eigenvalue weighted by Gasteiger charge is 1.92. The summed E-state index contributed by atoms with van der Waals surface area (Å²) in [6.45, 7) is 2.07. The minimum atomic E-state index is 0.966. The molecule has 0 bridgehead atoms. The smallest absolute Gasteiger partial charge is 0.0249 e. The molecule has 0 spiro atoms. The molecular formula is C31H20. The van der Waals surface area contributed by atoms with Crippen molar-refractivity contribution in [2.75, 3.05) is 0 Å². The third-order valence-electron chi connectivity index (χ3n) is 4.65. The van der Waals surface area contributed by atoms with Crippen LogP contribution in [0.2, 0.25) is 0 Å². The Kier molecular flexibility index (Phi) is 6.31. The van der Waals surface area contributed by atoms with Crippen LogP contribution in [0.4, 0.5) is 0 Å². The molecule has 0 amide bonds. The van der Waals surface area contributed by atoms with E-state index in [0.717, 1.165) is 33.4 Å². The zero-order valence-electron chi connectivity index (χ0n) is 17.3. The molecule has 4 rings (SSSR count). The van der Waals surface area contributed by atoms with Gasteiger partial charge in [-0.1, -0.05) is 71.4 Å². The van der Waals surface area contributed by atoms with Gasteiger partial charge in [0.05, 0.1) is 0 Å². The third kappa shape index (κ3) is 6.02. The Morgan fingerprint density at radius 2 is 0.581 bits per heavy atom. The molecule has 0 saturated carbocycles. The number of benzene rings is 4. The maximum absolute atomic E-state index is 3.21. The summed E-state index contributed by atoms with van der Waals surface area (Å²) in [5.41, 5.74) is 7.16. The Balaban J connectivity index is 1.41. The quantitative estimate of drug-likeness (QED) is 0.313. The van der Waals surface area contributed by atoms with Crippen LogP contribution in [0.5, 0.6) is 0 Å². The first-order valence-corrected chi connectivity index (χ1v) is 10.1. The first kappa shape index (κ1) is 19.9. The Labute approximate surface area is 184 Å². The monoisotopic (exact) mass is 392 g/mol. The second kappa shape index (κ2) is 9.85. The number of rotatable bonds is 0. The lowest BCUT2D eigenvalue weighted by Crippen LogP contribution is -1.80. The molecule has 0 N–H and O–H groups in total. The van der Waals surface area contributed by atoms with Gasteiger partial charge < -0.3 is 0 Å². The van der Waals surface area contributed by atoms with Gasteiger partial charge in [-0.05, 0) is 79.7 Å². The van der Waals surface area contributed by atoms with Crippen LogP contribution in [0.15, 0.2) is 103 Å². The van der Waals surface area contributed by atoms with Crippen LogP contribution in [0, 0.1) is 42.4 Å². The summed E-state index contributed by atoms with van der Waals surface area (Å²) in [5.74, 6) is 19.2. The van der Waals surface area contributed by atoms with E-state index in [1.54, 1.807) is 0 Å². The molecule has 0 aromatic heterocycles. The molecule has 0 nitrogen and oxygen atoms in total. The van der Waals surface area contributed by atoms with Crippen molar-refractivity contribution in [1.29, 1.82) is 0 Å².